The van der Waals surface area contributed by atoms with Crippen molar-refractivity contribution in [2.24, 2.45) is 39.9 Å². The SMILES string of the molecule is C#CCC[C@@H](C)[C@H]1CC[C@H]2[C@@H]3CC=C4C[C@@H](OPI)CC[C@]4(C)[C@@]3(C)CC[C@]12C. The number of terminal acetylenes is 1. The molecule has 162 valence electrons. The van der Waals surface area contributed by atoms with Gasteiger partial charge >= 0.3 is 0 Å². The van der Waals surface area contributed by atoms with Gasteiger partial charge in [-0.3, -0.25) is 0 Å². The maximum atomic E-state index is 6.06. The average Bonchev–Trinajstić information content (AvgIpc) is 3.05. The molecule has 3 saturated carbocycles. The molecule has 4 aliphatic rings. The van der Waals surface area contributed by atoms with Crippen molar-refractivity contribution in [3.05, 3.63) is 11.6 Å². The van der Waals surface area contributed by atoms with Crippen LogP contribution in [0.15, 0.2) is 11.6 Å². The van der Waals surface area contributed by atoms with Crippen LogP contribution in [0.5, 0.6) is 0 Å². The van der Waals surface area contributed by atoms with Crippen LogP contribution < -0.4 is 0 Å². The van der Waals surface area contributed by atoms with E-state index in [9.17, 15) is 0 Å². The van der Waals surface area contributed by atoms with Gasteiger partial charge in [-0.1, -0.05) is 39.3 Å². The lowest BCUT2D eigenvalue weighted by molar-refractivity contribution is -0.117. The fourth-order valence-corrected chi connectivity index (χ4v) is 10.0. The van der Waals surface area contributed by atoms with Crippen LogP contribution in [0.4, 0.5) is 0 Å². The lowest BCUT2D eigenvalue weighted by atomic mass is 9.40. The van der Waals surface area contributed by atoms with Crippen LogP contribution in [0.1, 0.15) is 91.9 Å². The highest BCUT2D eigenvalue weighted by atomic mass is 127. The third-order valence-corrected chi connectivity index (χ3v) is 11.8. The quantitative estimate of drug-likeness (QED) is 0.151. The van der Waals surface area contributed by atoms with Crippen molar-refractivity contribution < 1.29 is 4.52 Å². The van der Waals surface area contributed by atoms with Gasteiger partial charge in [-0.05, 0) is 120 Å². The third-order valence-electron chi connectivity index (χ3n) is 10.6. The molecule has 0 aliphatic heterocycles. The predicted molar refractivity (Wildman–Crippen MR) is 134 cm³/mol. The number of rotatable bonds is 5. The van der Waals surface area contributed by atoms with Gasteiger partial charge < -0.3 is 4.52 Å². The molecule has 1 nitrogen and oxygen atoms in total. The molecule has 0 aromatic rings. The van der Waals surface area contributed by atoms with Gasteiger partial charge in [-0.15, -0.1) is 12.3 Å². The molecule has 1 unspecified atom stereocenters. The molecule has 0 amide bonds. The summed E-state index contributed by atoms with van der Waals surface area (Å²) in [7, 11) is 0. The Labute approximate surface area is 194 Å². The van der Waals surface area contributed by atoms with E-state index >= 15 is 0 Å². The van der Waals surface area contributed by atoms with Crippen LogP contribution in [0, 0.1) is 52.3 Å². The van der Waals surface area contributed by atoms with Crippen LogP contribution in [0.2, 0.25) is 0 Å². The Hall–Kier alpha value is 0.420. The number of fused-ring (bicyclic) bond motifs is 5. The Balaban J connectivity index is 1.59. The van der Waals surface area contributed by atoms with Crippen molar-refractivity contribution in [2.75, 3.05) is 0 Å². The summed E-state index contributed by atoms with van der Waals surface area (Å²) in [6, 6.07) is 0. The second-order valence-corrected chi connectivity index (χ2v) is 13.1. The van der Waals surface area contributed by atoms with E-state index in [-0.39, 0.29) is 0 Å². The summed E-state index contributed by atoms with van der Waals surface area (Å²) in [5.41, 5.74) is 3.12. The highest BCUT2D eigenvalue weighted by Gasteiger charge is 2.64. The summed E-state index contributed by atoms with van der Waals surface area (Å²) in [5, 5.41) is 0. The second-order valence-electron chi connectivity index (χ2n) is 11.4. The average molecular weight is 526 g/mol. The highest BCUT2D eigenvalue weighted by molar-refractivity contribution is 14.2. The summed E-state index contributed by atoms with van der Waals surface area (Å²) >= 11 is 2.38. The van der Waals surface area contributed by atoms with Crippen molar-refractivity contribution in [1.82, 2.24) is 0 Å². The molecule has 4 rings (SSSR count). The number of hydrogen-bond donors (Lipinski definition) is 0. The summed E-state index contributed by atoms with van der Waals surface area (Å²) in [6.45, 7) is 11.0. The fraction of sp³-hybridized carbons (Fsp3) is 0.846. The first kappa shape index (κ1) is 22.6. The molecule has 0 spiro atoms. The summed E-state index contributed by atoms with van der Waals surface area (Å²) in [4.78, 5) is 0. The van der Waals surface area contributed by atoms with E-state index in [0.717, 1.165) is 30.1 Å². The Bertz CT molecular complexity index is 697. The van der Waals surface area contributed by atoms with Crippen molar-refractivity contribution in [3.63, 3.8) is 0 Å². The van der Waals surface area contributed by atoms with Gasteiger partial charge in [0.15, 0.2) is 0 Å². The Kier molecular flexibility index (Phi) is 6.55. The van der Waals surface area contributed by atoms with Crippen LogP contribution in [0.25, 0.3) is 0 Å². The van der Waals surface area contributed by atoms with Crippen LogP contribution >= 0.6 is 28.5 Å². The van der Waals surface area contributed by atoms with Crippen LogP contribution in [0.3, 0.4) is 0 Å². The maximum absolute atomic E-state index is 6.06. The normalized spacial score (nSPS) is 47.8. The van der Waals surface area contributed by atoms with Crippen molar-refractivity contribution >= 4 is 28.5 Å². The zero-order chi connectivity index (χ0) is 20.9. The molecule has 3 heteroatoms. The predicted octanol–water partition coefficient (Wildman–Crippen LogP) is 8.33. The Morgan fingerprint density at radius 3 is 2.72 bits per heavy atom. The minimum absolute atomic E-state index is 0.388. The van der Waals surface area contributed by atoms with Crippen molar-refractivity contribution in [3.8, 4) is 12.3 Å². The summed E-state index contributed by atoms with van der Waals surface area (Å²) in [6.07, 6.45) is 21.7. The van der Waals surface area contributed by atoms with Gasteiger partial charge in [0.25, 0.3) is 0 Å². The smallest absolute Gasteiger partial charge is 0.0797 e. The van der Waals surface area contributed by atoms with E-state index in [1.807, 2.05) is 0 Å². The number of allylic oxidation sites excluding steroid dienone is 1. The van der Waals surface area contributed by atoms with E-state index in [4.69, 9.17) is 10.9 Å². The highest BCUT2D eigenvalue weighted by Crippen LogP contribution is 2.72. The molecule has 0 saturated heterocycles. The topological polar surface area (TPSA) is 9.23 Å². The minimum atomic E-state index is 0.388. The monoisotopic (exact) mass is 526 g/mol. The molecular formula is C26H40IOP. The van der Waals surface area contributed by atoms with Gasteiger partial charge in [0.1, 0.15) is 0 Å². The van der Waals surface area contributed by atoms with Gasteiger partial charge in [0, 0.05) is 6.42 Å². The second kappa shape index (κ2) is 8.41. The zero-order valence-corrected chi connectivity index (χ0v) is 22.1. The fourth-order valence-electron chi connectivity index (χ4n) is 8.62. The first-order valence-electron chi connectivity index (χ1n) is 11.9. The molecule has 9 atom stereocenters. The van der Waals surface area contributed by atoms with Gasteiger partial charge in [-0.25, -0.2) is 0 Å². The Morgan fingerprint density at radius 1 is 1.21 bits per heavy atom. The molecular weight excluding hydrogens is 486 g/mol. The molecule has 0 radical (unpaired) electrons. The van der Waals surface area contributed by atoms with E-state index in [0.29, 0.717) is 28.8 Å². The standard InChI is InChI=1S/C26H40IOP/c1-6-7-8-18(2)21-11-12-22-23-10-9-19-17-20(28-29-27)13-14-25(19,4)26(23,5)16-15-24(21,22)3/h1,9,18,20-23,29H,7-8,10-17H2,2-5H3/t18-,20+,21-,22+,23+,24-,25+,26+/m1/s1. The Morgan fingerprint density at radius 2 is 2.00 bits per heavy atom. The van der Waals surface area contributed by atoms with Crippen molar-refractivity contribution in [1.29, 1.82) is 0 Å². The molecule has 0 aromatic heterocycles. The maximum Gasteiger partial charge on any atom is 0.0797 e. The summed E-state index contributed by atoms with van der Waals surface area (Å²) < 4.78 is 6.06. The molecule has 3 fully saturated rings. The molecule has 0 aromatic carbocycles. The zero-order valence-electron chi connectivity index (χ0n) is 18.9. The molecule has 29 heavy (non-hydrogen) atoms. The number of halogens is 1. The van der Waals surface area contributed by atoms with Gasteiger partial charge in [-0.2, -0.15) is 0 Å². The third kappa shape index (κ3) is 3.49. The van der Waals surface area contributed by atoms with E-state index in [1.54, 1.807) is 5.57 Å². The molecule has 0 bridgehead atoms. The first-order valence-corrected chi connectivity index (χ1v) is 16.0. The van der Waals surface area contributed by atoms with Gasteiger partial charge in [0.2, 0.25) is 0 Å². The lowest BCUT2D eigenvalue weighted by Gasteiger charge is -2.64. The molecule has 0 heterocycles. The largest absolute Gasteiger partial charge is 0.348 e. The molecule has 0 N–H and O–H groups in total. The van der Waals surface area contributed by atoms with Crippen LogP contribution in [-0.2, 0) is 4.52 Å². The van der Waals surface area contributed by atoms with Crippen molar-refractivity contribution in [2.45, 2.75) is 98.0 Å². The van der Waals surface area contributed by atoms with E-state index < -0.39 is 0 Å². The van der Waals surface area contributed by atoms with E-state index in [2.05, 4.69) is 61.7 Å². The lowest BCUT2D eigenvalue weighted by Crippen LogP contribution is -2.57. The minimum Gasteiger partial charge on any atom is -0.348 e. The van der Waals surface area contributed by atoms with Gasteiger partial charge in [0.05, 0.1) is 12.6 Å². The van der Waals surface area contributed by atoms with Crippen LogP contribution in [-0.4, -0.2) is 6.10 Å². The first-order chi connectivity index (χ1) is 13.8. The number of hydrogen-bond acceptors (Lipinski definition) is 1. The summed E-state index contributed by atoms with van der Waals surface area (Å²) in [5.74, 6) is 6.30. The van der Waals surface area contributed by atoms with E-state index in [1.165, 1.54) is 57.8 Å². The molecule has 4 aliphatic carbocycles.